The van der Waals surface area contributed by atoms with Crippen LogP contribution in [0.1, 0.15) is 64.4 Å². The molecule has 0 N–H and O–H groups in total. The number of carbonyl (C=O) groups is 2. The molecule has 0 unspecified atom stereocenters. The summed E-state index contributed by atoms with van der Waals surface area (Å²) in [5.41, 5.74) is 1.94. The fraction of sp³-hybridized carbons (Fsp3) is 0.630. The molecule has 0 atom stereocenters. The van der Waals surface area contributed by atoms with Crippen molar-refractivity contribution in [2.24, 2.45) is 5.92 Å². The molecule has 0 bridgehead atoms. The Hall–Kier alpha value is -2.34. The molecule has 0 radical (unpaired) electrons. The lowest BCUT2D eigenvalue weighted by atomic mass is 9.94. The highest BCUT2D eigenvalue weighted by Crippen LogP contribution is 2.37. The van der Waals surface area contributed by atoms with E-state index in [1.54, 1.807) is 4.90 Å². The van der Waals surface area contributed by atoms with E-state index in [0.717, 1.165) is 62.9 Å². The van der Waals surface area contributed by atoms with Gasteiger partial charge in [-0.2, -0.15) is 0 Å². The highest BCUT2D eigenvalue weighted by Gasteiger charge is 2.45. The molecule has 6 heteroatoms. The van der Waals surface area contributed by atoms with Crippen molar-refractivity contribution in [2.75, 3.05) is 33.8 Å². The lowest BCUT2D eigenvalue weighted by Crippen LogP contribution is -2.46. The van der Waals surface area contributed by atoms with Crippen molar-refractivity contribution in [2.45, 2.75) is 70.9 Å². The molecule has 4 rings (SSSR count). The van der Waals surface area contributed by atoms with Crippen LogP contribution >= 0.6 is 0 Å². The van der Waals surface area contributed by atoms with Gasteiger partial charge in [0, 0.05) is 19.1 Å². The van der Waals surface area contributed by atoms with E-state index in [1.165, 1.54) is 6.42 Å². The van der Waals surface area contributed by atoms with Crippen LogP contribution < -0.4 is 4.74 Å². The maximum Gasteiger partial charge on any atom is 0.278 e. The van der Waals surface area contributed by atoms with Crippen LogP contribution in [0.5, 0.6) is 5.75 Å². The fourth-order valence-electron chi connectivity index (χ4n) is 5.34. The van der Waals surface area contributed by atoms with E-state index in [-0.39, 0.29) is 23.9 Å². The highest BCUT2D eigenvalue weighted by molar-refractivity contribution is 6.35. The number of piperidine rings is 1. The number of carbonyl (C=O) groups excluding carboxylic acids is 2. The summed E-state index contributed by atoms with van der Waals surface area (Å²) in [6.07, 6.45) is 7.18. The van der Waals surface area contributed by atoms with Crippen molar-refractivity contribution >= 4 is 17.4 Å². The molecule has 33 heavy (non-hydrogen) atoms. The molecule has 1 saturated carbocycles. The molecule has 1 aromatic rings. The van der Waals surface area contributed by atoms with Gasteiger partial charge in [0.25, 0.3) is 11.8 Å². The topological polar surface area (TPSA) is 53.1 Å². The third-order valence-corrected chi connectivity index (χ3v) is 7.35. The summed E-state index contributed by atoms with van der Waals surface area (Å²) in [6.45, 7) is 6.90. The average Bonchev–Trinajstić information content (AvgIpc) is 3.08. The van der Waals surface area contributed by atoms with Crippen LogP contribution in [-0.2, 0) is 9.59 Å². The van der Waals surface area contributed by atoms with Gasteiger partial charge in [-0.1, -0.05) is 45.2 Å². The molecule has 2 heterocycles. The number of likely N-dealkylation sites (N-methyl/N-ethyl adjacent to an activating group) is 1. The van der Waals surface area contributed by atoms with Gasteiger partial charge in [-0.25, -0.2) is 0 Å². The number of nitrogens with zero attached hydrogens (tertiary/aromatic N) is 3. The Morgan fingerprint density at radius 1 is 0.970 bits per heavy atom. The van der Waals surface area contributed by atoms with Gasteiger partial charge in [0.15, 0.2) is 0 Å². The van der Waals surface area contributed by atoms with Gasteiger partial charge in [-0.05, 0) is 69.4 Å². The molecular weight excluding hydrogens is 414 g/mol. The van der Waals surface area contributed by atoms with Gasteiger partial charge < -0.3 is 14.5 Å². The minimum Gasteiger partial charge on any atom is -0.493 e. The molecule has 1 aromatic carbocycles. The lowest BCUT2D eigenvalue weighted by Gasteiger charge is -2.37. The number of likely N-dealkylation sites (tertiary alicyclic amines) is 1. The summed E-state index contributed by atoms with van der Waals surface area (Å²) < 4.78 is 5.84. The fourth-order valence-corrected chi connectivity index (χ4v) is 5.34. The van der Waals surface area contributed by atoms with Crippen molar-refractivity contribution in [3.8, 4) is 5.75 Å². The van der Waals surface area contributed by atoms with Crippen molar-refractivity contribution < 1.29 is 14.3 Å². The second-order valence-corrected chi connectivity index (χ2v) is 10.4. The molecule has 3 aliphatic rings. The smallest absolute Gasteiger partial charge is 0.278 e. The first-order valence-electron chi connectivity index (χ1n) is 12.6. The number of ether oxygens (including phenoxy) is 1. The Morgan fingerprint density at radius 2 is 1.61 bits per heavy atom. The Labute approximate surface area is 198 Å². The van der Waals surface area contributed by atoms with Crippen LogP contribution in [-0.4, -0.2) is 72.4 Å². The first kappa shape index (κ1) is 23.8. The summed E-state index contributed by atoms with van der Waals surface area (Å²) >= 11 is 0. The standard InChI is InChI=1S/C27H39N3O3/c1-19(2)18-33-23-12-10-20(11-13-23)24-25(29(4)21-14-16-28(3)17-15-21)27(32)30(26(24)31)22-8-6-5-7-9-22/h10-13,19,21-22H,5-9,14-18H2,1-4H3. The maximum absolute atomic E-state index is 13.8. The SMILES string of the molecule is CC(C)COc1ccc(C2=C(N(C)C3CCN(C)CC3)C(=O)N(C3CCCCC3)C2=O)cc1. The van der Waals surface area contributed by atoms with Crippen LogP contribution in [0.3, 0.4) is 0 Å². The third-order valence-electron chi connectivity index (χ3n) is 7.35. The molecule has 180 valence electrons. The average molecular weight is 454 g/mol. The maximum atomic E-state index is 13.8. The number of amides is 2. The van der Waals surface area contributed by atoms with Gasteiger partial charge in [0.2, 0.25) is 0 Å². The number of hydrogen-bond donors (Lipinski definition) is 0. The quantitative estimate of drug-likeness (QED) is 0.581. The predicted molar refractivity (Wildman–Crippen MR) is 131 cm³/mol. The van der Waals surface area contributed by atoms with Crippen molar-refractivity contribution in [1.29, 1.82) is 0 Å². The lowest BCUT2D eigenvalue weighted by molar-refractivity contribution is -0.141. The minimum atomic E-state index is -0.127. The summed E-state index contributed by atoms with van der Waals surface area (Å²) in [5.74, 6) is 1.00. The van der Waals surface area contributed by atoms with Crippen molar-refractivity contribution in [3.63, 3.8) is 0 Å². The number of imide groups is 1. The number of hydrogen-bond acceptors (Lipinski definition) is 5. The molecule has 1 saturated heterocycles. The second-order valence-electron chi connectivity index (χ2n) is 10.4. The van der Waals surface area contributed by atoms with Crippen LogP contribution in [0.2, 0.25) is 0 Å². The second kappa shape index (κ2) is 10.3. The molecule has 0 spiro atoms. The Morgan fingerprint density at radius 3 is 2.21 bits per heavy atom. The Balaban J connectivity index is 1.66. The molecule has 2 fully saturated rings. The van der Waals surface area contributed by atoms with Crippen molar-refractivity contribution in [1.82, 2.24) is 14.7 Å². The summed E-state index contributed by atoms with van der Waals surface area (Å²) in [5, 5.41) is 0. The molecule has 1 aliphatic carbocycles. The van der Waals surface area contributed by atoms with E-state index >= 15 is 0 Å². The highest BCUT2D eigenvalue weighted by atomic mass is 16.5. The van der Waals surface area contributed by atoms with E-state index < -0.39 is 0 Å². The normalized spacial score (nSPS) is 21.4. The summed E-state index contributed by atoms with van der Waals surface area (Å²) in [6, 6.07) is 7.98. The molecule has 6 nitrogen and oxygen atoms in total. The molecule has 2 amide bonds. The predicted octanol–water partition coefficient (Wildman–Crippen LogP) is 4.16. The van der Waals surface area contributed by atoms with E-state index in [0.29, 0.717) is 23.8 Å². The van der Waals surface area contributed by atoms with Gasteiger partial charge in [0.1, 0.15) is 11.4 Å². The van der Waals surface area contributed by atoms with E-state index in [2.05, 4.69) is 30.7 Å². The Kier molecular flexibility index (Phi) is 7.42. The zero-order chi connectivity index (χ0) is 23.5. The van der Waals surface area contributed by atoms with Crippen LogP contribution in [0.25, 0.3) is 5.57 Å². The summed E-state index contributed by atoms with van der Waals surface area (Å²) in [4.78, 5) is 33.5. The van der Waals surface area contributed by atoms with E-state index in [9.17, 15) is 9.59 Å². The monoisotopic (exact) mass is 453 g/mol. The first-order chi connectivity index (χ1) is 15.9. The zero-order valence-electron chi connectivity index (χ0n) is 20.7. The molecule has 2 aliphatic heterocycles. The van der Waals surface area contributed by atoms with E-state index in [1.807, 2.05) is 31.3 Å². The van der Waals surface area contributed by atoms with Gasteiger partial charge in [-0.3, -0.25) is 14.5 Å². The summed E-state index contributed by atoms with van der Waals surface area (Å²) in [7, 11) is 4.14. The minimum absolute atomic E-state index is 0.0192. The van der Waals surface area contributed by atoms with Gasteiger partial charge >= 0.3 is 0 Å². The first-order valence-corrected chi connectivity index (χ1v) is 12.6. The van der Waals surface area contributed by atoms with Crippen LogP contribution in [0.4, 0.5) is 0 Å². The Bertz CT molecular complexity index is 878. The third kappa shape index (κ3) is 5.11. The molecule has 0 aromatic heterocycles. The van der Waals surface area contributed by atoms with Gasteiger partial charge in [0.05, 0.1) is 12.2 Å². The van der Waals surface area contributed by atoms with E-state index in [4.69, 9.17) is 4.74 Å². The number of benzene rings is 1. The molecular formula is C27H39N3O3. The number of rotatable bonds is 7. The van der Waals surface area contributed by atoms with Gasteiger partial charge in [-0.15, -0.1) is 0 Å². The zero-order valence-corrected chi connectivity index (χ0v) is 20.7. The van der Waals surface area contributed by atoms with Crippen LogP contribution in [0.15, 0.2) is 30.0 Å². The largest absolute Gasteiger partial charge is 0.493 e. The van der Waals surface area contributed by atoms with Crippen LogP contribution in [0, 0.1) is 5.92 Å². The van der Waals surface area contributed by atoms with Crippen molar-refractivity contribution in [3.05, 3.63) is 35.5 Å².